The summed E-state index contributed by atoms with van der Waals surface area (Å²) in [6.07, 6.45) is 0. The summed E-state index contributed by atoms with van der Waals surface area (Å²) < 4.78 is 0. The molecule has 0 heterocycles. The molecule has 6 N–H and O–H groups in total. The van der Waals surface area contributed by atoms with Crippen LogP contribution >= 0.6 is 0 Å². The molecule has 6 heteroatoms. The van der Waals surface area contributed by atoms with Gasteiger partial charge >= 0.3 is 6.03 Å². The Labute approximate surface area is 83.4 Å². The Balaban J connectivity index is 0. The number of benzene rings is 1. The van der Waals surface area contributed by atoms with Crippen LogP contribution in [-0.4, -0.2) is 31.4 Å². The molecule has 1 rings (SSSR count). The van der Waals surface area contributed by atoms with Crippen molar-refractivity contribution < 1.29 is 15.7 Å². The van der Waals surface area contributed by atoms with Crippen LogP contribution < -0.4 is 16.0 Å². The molecule has 0 saturated carbocycles. The van der Waals surface area contributed by atoms with Crippen molar-refractivity contribution in [3.05, 3.63) is 30.3 Å². The third-order valence-electron chi connectivity index (χ3n) is 1.40. The van der Waals surface area contributed by atoms with Gasteiger partial charge in [0.25, 0.3) is 7.41 Å². The van der Waals surface area contributed by atoms with Crippen LogP contribution in [0.2, 0.25) is 0 Å². The topological polar surface area (TPSA) is 104 Å². The first-order valence-electron chi connectivity index (χ1n) is 3.69. The highest BCUT2D eigenvalue weighted by atomic mass is 16.2. The highest BCUT2D eigenvalue weighted by Crippen LogP contribution is 1.79. The summed E-state index contributed by atoms with van der Waals surface area (Å²) in [6.45, 7) is 0. The van der Waals surface area contributed by atoms with Crippen molar-refractivity contribution in [2.45, 2.75) is 0 Å². The van der Waals surface area contributed by atoms with Gasteiger partial charge in [-0.05, 0) is 0 Å². The van der Waals surface area contributed by atoms with Gasteiger partial charge < -0.3 is 21.5 Å². The molecule has 0 aliphatic heterocycles. The highest BCUT2D eigenvalue weighted by Gasteiger charge is 1.97. The summed E-state index contributed by atoms with van der Waals surface area (Å²) in [5.41, 5.74) is 0.973. The van der Waals surface area contributed by atoms with Crippen molar-refractivity contribution in [3.63, 3.8) is 0 Å². The normalized spacial score (nSPS) is 7.50. The van der Waals surface area contributed by atoms with Gasteiger partial charge in [0.05, 0.1) is 0 Å². The van der Waals surface area contributed by atoms with Crippen LogP contribution in [0.3, 0.4) is 0 Å². The fourth-order valence-corrected chi connectivity index (χ4v) is 0.770. The Bertz CT molecular complexity index is 256. The van der Waals surface area contributed by atoms with Gasteiger partial charge in [0.1, 0.15) is 0 Å². The Morgan fingerprint density at radius 2 is 1.79 bits per heavy atom. The third-order valence-corrected chi connectivity index (χ3v) is 1.40. The smallest absolute Gasteiger partial charge is 0.302 e. The van der Waals surface area contributed by atoms with Crippen LogP contribution in [0.1, 0.15) is 0 Å². The van der Waals surface area contributed by atoms with Gasteiger partial charge in [-0.25, -0.2) is 0 Å². The molecule has 0 spiro atoms. The Kier molecular flexibility index (Phi) is 8.65. The summed E-state index contributed by atoms with van der Waals surface area (Å²) in [5.74, 6) is 0. The lowest BCUT2D eigenvalue weighted by atomic mass is 9.83. The zero-order chi connectivity index (χ0) is 8.81. The van der Waals surface area contributed by atoms with Crippen molar-refractivity contribution in [1.82, 2.24) is 10.5 Å². The minimum Gasteiger partial charge on any atom is -0.412 e. The first kappa shape index (κ1) is 15.0. The summed E-state index contributed by atoms with van der Waals surface area (Å²) in [4.78, 5) is 10.7. The SMILES string of the molecule is CNC(=O)N[B]c1ccccc1.O.O. The first-order valence-corrected chi connectivity index (χ1v) is 3.69. The zero-order valence-corrected chi connectivity index (χ0v) is 7.87. The number of carbonyl (C=O) groups excluding carboxylic acids is 1. The Hall–Kier alpha value is -1.53. The average Bonchev–Trinajstić information content (AvgIpc) is 2.16. The molecular formula is C8H14BN2O3. The zero-order valence-electron chi connectivity index (χ0n) is 7.87. The molecule has 5 nitrogen and oxygen atoms in total. The van der Waals surface area contributed by atoms with E-state index in [1.54, 1.807) is 14.5 Å². The number of urea groups is 1. The van der Waals surface area contributed by atoms with Crippen LogP contribution in [0, 0.1) is 0 Å². The number of carbonyl (C=O) groups is 1. The molecule has 0 bridgehead atoms. The van der Waals surface area contributed by atoms with Gasteiger partial charge in [-0.1, -0.05) is 35.8 Å². The fraction of sp³-hybridized carbons (Fsp3) is 0.125. The van der Waals surface area contributed by atoms with E-state index >= 15 is 0 Å². The third kappa shape index (κ3) is 5.18. The van der Waals surface area contributed by atoms with Gasteiger partial charge in [0.2, 0.25) is 0 Å². The lowest BCUT2D eigenvalue weighted by Gasteiger charge is -2.01. The summed E-state index contributed by atoms with van der Waals surface area (Å²) in [6, 6.07) is 9.37. The van der Waals surface area contributed by atoms with E-state index in [0.29, 0.717) is 0 Å². The van der Waals surface area contributed by atoms with Crippen LogP contribution in [0.5, 0.6) is 0 Å². The molecule has 0 saturated heterocycles. The van der Waals surface area contributed by atoms with E-state index in [2.05, 4.69) is 10.5 Å². The number of rotatable bonds is 2. The second kappa shape index (κ2) is 8.09. The maximum absolute atomic E-state index is 10.7. The Morgan fingerprint density at radius 3 is 2.29 bits per heavy atom. The Morgan fingerprint density at radius 1 is 1.21 bits per heavy atom. The predicted octanol–water partition coefficient (Wildman–Crippen LogP) is -1.79. The van der Waals surface area contributed by atoms with Crippen molar-refractivity contribution in [2.24, 2.45) is 0 Å². The van der Waals surface area contributed by atoms with Crippen LogP contribution in [0.15, 0.2) is 30.3 Å². The number of amides is 2. The van der Waals surface area contributed by atoms with E-state index in [1.807, 2.05) is 30.3 Å². The molecule has 2 amide bonds. The highest BCUT2D eigenvalue weighted by molar-refractivity contribution is 6.53. The second-order valence-corrected chi connectivity index (χ2v) is 2.28. The summed E-state index contributed by atoms with van der Waals surface area (Å²) in [5, 5.41) is 5.03. The van der Waals surface area contributed by atoms with Gasteiger partial charge in [0, 0.05) is 7.05 Å². The number of hydrogen-bond acceptors (Lipinski definition) is 1. The average molecular weight is 197 g/mol. The van der Waals surface area contributed by atoms with Gasteiger partial charge in [-0.15, -0.1) is 0 Å². The molecule has 0 aliphatic carbocycles. The van der Waals surface area contributed by atoms with E-state index in [-0.39, 0.29) is 17.0 Å². The molecule has 1 radical (unpaired) electrons. The van der Waals surface area contributed by atoms with E-state index < -0.39 is 0 Å². The quantitative estimate of drug-likeness (QED) is 0.537. The summed E-state index contributed by atoms with van der Waals surface area (Å²) in [7, 11) is 3.23. The van der Waals surface area contributed by atoms with E-state index in [1.165, 1.54) is 0 Å². The second-order valence-electron chi connectivity index (χ2n) is 2.28. The van der Waals surface area contributed by atoms with Crippen molar-refractivity contribution >= 4 is 18.9 Å². The molecule has 0 aliphatic rings. The van der Waals surface area contributed by atoms with Crippen LogP contribution in [0.25, 0.3) is 0 Å². The molecule has 0 unspecified atom stereocenters. The molecule has 0 fully saturated rings. The number of nitrogens with one attached hydrogen (secondary N) is 2. The maximum atomic E-state index is 10.7. The van der Waals surface area contributed by atoms with E-state index in [4.69, 9.17) is 0 Å². The minimum atomic E-state index is -0.209. The molecule has 0 atom stereocenters. The lowest BCUT2D eigenvalue weighted by molar-refractivity contribution is 0.248. The van der Waals surface area contributed by atoms with E-state index in [9.17, 15) is 4.79 Å². The molecule has 1 aromatic rings. The molecule has 0 aromatic heterocycles. The standard InChI is InChI=1S/C8H10BN2O.2H2O/c1-10-8(12)11-9-7-5-3-2-4-6-7;;/h2-6H,1H3,(H2,10,11,12);2*1H2. The molecule has 1 aromatic carbocycles. The molecule has 14 heavy (non-hydrogen) atoms. The molecular weight excluding hydrogens is 183 g/mol. The van der Waals surface area contributed by atoms with Crippen LogP contribution in [-0.2, 0) is 0 Å². The minimum absolute atomic E-state index is 0. The largest absolute Gasteiger partial charge is 0.412 e. The summed E-state index contributed by atoms with van der Waals surface area (Å²) >= 11 is 0. The van der Waals surface area contributed by atoms with Gasteiger partial charge in [-0.2, -0.15) is 0 Å². The monoisotopic (exact) mass is 197 g/mol. The van der Waals surface area contributed by atoms with Gasteiger partial charge in [0.15, 0.2) is 0 Å². The first-order chi connectivity index (χ1) is 5.83. The van der Waals surface area contributed by atoms with E-state index in [0.717, 1.165) is 5.46 Å². The number of hydrogen-bond donors (Lipinski definition) is 2. The fourth-order valence-electron chi connectivity index (χ4n) is 0.770. The molecule has 77 valence electrons. The maximum Gasteiger partial charge on any atom is 0.302 e. The van der Waals surface area contributed by atoms with Crippen molar-refractivity contribution in [2.75, 3.05) is 7.05 Å². The van der Waals surface area contributed by atoms with Gasteiger partial charge in [-0.3, -0.25) is 4.79 Å². The lowest BCUT2D eigenvalue weighted by Crippen LogP contribution is -2.40. The van der Waals surface area contributed by atoms with Crippen LogP contribution in [0.4, 0.5) is 4.79 Å². The van der Waals surface area contributed by atoms with Crippen molar-refractivity contribution in [3.8, 4) is 0 Å². The predicted molar refractivity (Wildman–Crippen MR) is 56.6 cm³/mol. The van der Waals surface area contributed by atoms with Crippen molar-refractivity contribution in [1.29, 1.82) is 0 Å².